The summed E-state index contributed by atoms with van der Waals surface area (Å²) in [5.41, 5.74) is 0.933. The largest absolute Gasteiger partial charge is 0.413 e. The predicted octanol–water partition coefficient (Wildman–Crippen LogP) is 3.59. The first-order chi connectivity index (χ1) is 10.7. The molecule has 0 aliphatic rings. The first-order valence-corrected chi connectivity index (χ1v) is 12.2. The Bertz CT molecular complexity index is 709. The van der Waals surface area contributed by atoms with Gasteiger partial charge in [0.15, 0.2) is 8.32 Å². The Morgan fingerprint density at radius 1 is 1.12 bits per heavy atom. The van der Waals surface area contributed by atoms with E-state index in [0.29, 0.717) is 11.1 Å². The van der Waals surface area contributed by atoms with Crippen LogP contribution in [0.4, 0.5) is 5.69 Å². The zero-order valence-electron chi connectivity index (χ0n) is 15.0. The standard InChI is InChI=1S/C15H25NO6SSi/c1-15(2,3)24(5,6)22-11-13-7-12(10-21-23(4,19)20)8-14(9-13)16(17)18/h7-9H,10-11H2,1-6H3. The van der Waals surface area contributed by atoms with Gasteiger partial charge in [0, 0.05) is 12.1 Å². The topological polar surface area (TPSA) is 95.7 Å². The van der Waals surface area contributed by atoms with E-state index in [4.69, 9.17) is 8.61 Å². The van der Waals surface area contributed by atoms with Gasteiger partial charge in [-0.1, -0.05) is 26.8 Å². The lowest BCUT2D eigenvalue weighted by molar-refractivity contribution is -0.385. The van der Waals surface area contributed by atoms with Crippen molar-refractivity contribution >= 4 is 24.1 Å². The molecule has 0 spiro atoms. The van der Waals surface area contributed by atoms with Crippen LogP contribution < -0.4 is 0 Å². The van der Waals surface area contributed by atoms with Crippen LogP contribution in [0, 0.1) is 10.1 Å². The van der Waals surface area contributed by atoms with E-state index in [-0.39, 0.29) is 23.9 Å². The van der Waals surface area contributed by atoms with Crippen LogP contribution in [0.25, 0.3) is 0 Å². The number of non-ortho nitro benzene ring substituents is 1. The Balaban J connectivity index is 3.02. The molecule has 24 heavy (non-hydrogen) atoms. The van der Waals surface area contributed by atoms with Crippen molar-refractivity contribution in [3.8, 4) is 0 Å². The van der Waals surface area contributed by atoms with Gasteiger partial charge in [0.25, 0.3) is 15.8 Å². The fourth-order valence-corrected chi connectivity index (χ4v) is 2.98. The molecule has 0 bridgehead atoms. The van der Waals surface area contributed by atoms with E-state index in [1.165, 1.54) is 12.1 Å². The maximum Gasteiger partial charge on any atom is 0.270 e. The average Bonchev–Trinajstić information content (AvgIpc) is 2.41. The number of rotatable bonds is 7. The molecule has 0 fully saturated rings. The van der Waals surface area contributed by atoms with Gasteiger partial charge in [-0.2, -0.15) is 8.42 Å². The van der Waals surface area contributed by atoms with Gasteiger partial charge >= 0.3 is 0 Å². The van der Waals surface area contributed by atoms with Crippen LogP contribution >= 0.6 is 0 Å². The van der Waals surface area contributed by atoms with Gasteiger partial charge in [0.05, 0.1) is 24.4 Å². The molecule has 1 rings (SSSR count). The molecule has 0 radical (unpaired) electrons. The first kappa shape index (κ1) is 20.8. The van der Waals surface area contributed by atoms with Crippen molar-refractivity contribution < 1.29 is 22.0 Å². The van der Waals surface area contributed by atoms with Crippen molar-refractivity contribution in [2.45, 2.75) is 52.1 Å². The fraction of sp³-hybridized carbons (Fsp3) is 0.600. The van der Waals surface area contributed by atoms with E-state index in [9.17, 15) is 18.5 Å². The number of nitro benzene ring substituents is 1. The minimum Gasteiger partial charge on any atom is -0.413 e. The highest BCUT2D eigenvalue weighted by Crippen LogP contribution is 2.37. The number of hydrogen-bond donors (Lipinski definition) is 0. The molecule has 0 aliphatic heterocycles. The Morgan fingerprint density at radius 2 is 1.62 bits per heavy atom. The maximum atomic E-state index is 11.1. The summed E-state index contributed by atoms with van der Waals surface area (Å²) in [4.78, 5) is 10.6. The molecule has 7 nitrogen and oxygen atoms in total. The van der Waals surface area contributed by atoms with Crippen molar-refractivity contribution in [2.75, 3.05) is 6.26 Å². The molecule has 0 unspecified atom stereocenters. The molecule has 0 amide bonds. The smallest absolute Gasteiger partial charge is 0.270 e. The molecule has 0 aromatic heterocycles. The van der Waals surface area contributed by atoms with E-state index < -0.39 is 23.4 Å². The van der Waals surface area contributed by atoms with Crippen molar-refractivity contribution in [2.24, 2.45) is 0 Å². The second kappa shape index (κ2) is 7.30. The predicted molar refractivity (Wildman–Crippen MR) is 94.7 cm³/mol. The average molecular weight is 376 g/mol. The van der Waals surface area contributed by atoms with Crippen LogP contribution in [-0.2, 0) is 31.9 Å². The maximum absolute atomic E-state index is 11.1. The molecule has 0 N–H and O–H groups in total. The molecule has 136 valence electrons. The van der Waals surface area contributed by atoms with Gasteiger partial charge in [-0.05, 0) is 29.3 Å². The third-order valence-corrected chi connectivity index (χ3v) is 9.12. The van der Waals surface area contributed by atoms with Gasteiger partial charge in [0.2, 0.25) is 0 Å². The summed E-state index contributed by atoms with van der Waals surface area (Å²) < 4.78 is 33.0. The molecule has 0 atom stereocenters. The van der Waals surface area contributed by atoms with Gasteiger partial charge in [-0.3, -0.25) is 14.3 Å². The number of nitrogens with zero attached hydrogens (tertiary/aromatic N) is 1. The summed E-state index contributed by atoms with van der Waals surface area (Å²) in [7, 11) is -5.61. The van der Waals surface area contributed by atoms with Crippen molar-refractivity contribution in [1.82, 2.24) is 0 Å². The Morgan fingerprint density at radius 3 is 2.04 bits per heavy atom. The molecule has 1 aromatic carbocycles. The summed E-state index contributed by atoms with van der Waals surface area (Å²) >= 11 is 0. The molecular weight excluding hydrogens is 350 g/mol. The second-order valence-corrected chi connectivity index (χ2v) is 13.7. The quantitative estimate of drug-likeness (QED) is 0.313. The van der Waals surface area contributed by atoms with Gasteiger partial charge < -0.3 is 4.43 Å². The third kappa shape index (κ3) is 6.31. The molecule has 0 heterocycles. The van der Waals surface area contributed by atoms with Crippen LogP contribution in [0.2, 0.25) is 18.1 Å². The zero-order valence-corrected chi connectivity index (χ0v) is 16.8. The lowest BCUT2D eigenvalue weighted by Gasteiger charge is -2.36. The molecule has 0 saturated heterocycles. The normalized spacial score (nSPS) is 13.1. The molecule has 9 heteroatoms. The third-order valence-electron chi connectivity index (χ3n) is 4.09. The van der Waals surface area contributed by atoms with Gasteiger partial charge in [0.1, 0.15) is 0 Å². The van der Waals surface area contributed by atoms with Crippen LogP contribution in [-0.4, -0.2) is 27.9 Å². The highest BCUT2D eigenvalue weighted by molar-refractivity contribution is 7.85. The SMILES string of the molecule is CC(C)(C)[Si](C)(C)OCc1cc(COS(C)(=O)=O)cc([N+](=O)[O-])c1. The van der Waals surface area contributed by atoms with Gasteiger partial charge in [-0.25, -0.2) is 0 Å². The van der Waals surface area contributed by atoms with Crippen LogP contribution in [0.5, 0.6) is 0 Å². The molecule has 0 saturated carbocycles. The molecule has 0 aliphatic carbocycles. The lowest BCUT2D eigenvalue weighted by atomic mass is 10.1. The van der Waals surface area contributed by atoms with Crippen molar-refractivity contribution in [1.29, 1.82) is 0 Å². The summed E-state index contributed by atoms with van der Waals surface area (Å²) in [6.07, 6.45) is 0.936. The van der Waals surface area contributed by atoms with E-state index in [1.54, 1.807) is 6.07 Å². The highest BCUT2D eigenvalue weighted by atomic mass is 32.2. The number of nitro groups is 1. The van der Waals surface area contributed by atoms with E-state index in [1.807, 2.05) is 0 Å². The minimum absolute atomic E-state index is 0.0238. The molecule has 1 aromatic rings. The second-order valence-electron chi connectivity index (χ2n) is 7.28. The van der Waals surface area contributed by atoms with E-state index in [0.717, 1.165) is 6.26 Å². The summed E-state index contributed by atoms with van der Waals surface area (Å²) in [5, 5.41) is 11.1. The Hall–Kier alpha value is -1.29. The summed E-state index contributed by atoms with van der Waals surface area (Å²) in [5.74, 6) is 0. The van der Waals surface area contributed by atoms with Crippen molar-refractivity contribution in [3.63, 3.8) is 0 Å². The lowest BCUT2D eigenvalue weighted by Crippen LogP contribution is -2.40. The molecular formula is C15H25NO6SSi. The summed E-state index contributed by atoms with van der Waals surface area (Å²) in [6, 6.07) is 4.42. The van der Waals surface area contributed by atoms with E-state index in [2.05, 4.69) is 33.9 Å². The first-order valence-electron chi connectivity index (χ1n) is 7.47. The number of hydrogen-bond acceptors (Lipinski definition) is 6. The number of benzene rings is 1. The van der Waals surface area contributed by atoms with Crippen LogP contribution in [0.15, 0.2) is 18.2 Å². The van der Waals surface area contributed by atoms with Crippen molar-refractivity contribution in [3.05, 3.63) is 39.4 Å². The van der Waals surface area contributed by atoms with E-state index >= 15 is 0 Å². The highest BCUT2D eigenvalue weighted by Gasteiger charge is 2.37. The van der Waals surface area contributed by atoms with Crippen LogP contribution in [0.3, 0.4) is 0 Å². The minimum atomic E-state index is -3.62. The Labute approximate surface area is 144 Å². The zero-order chi connectivity index (χ0) is 18.8. The Kier molecular flexibility index (Phi) is 6.31. The fourth-order valence-electron chi connectivity index (χ4n) is 1.67. The summed E-state index contributed by atoms with van der Waals surface area (Å²) in [6.45, 7) is 10.5. The van der Waals surface area contributed by atoms with Crippen LogP contribution in [0.1, 0.15) is 31.9 Å². The monoisotopic (exact) mass is 375 g/mol. The van der Waals surface area contributed by atoms with Gasteiger partial charge in [-0.15, -0.1) is 0 Å².